The van der Waals surface area contributed by atoms with Gasteiger partial charge in [-0.05, 0) is 24.1 Å². The smallest absolute Gasteiger partial charge is 0.355 e. The summed E-state index contributed by atoms with van der Waals surface area (Å²) in [5.41, 5.74) is 1.27. The molecule has 0 saturated carbocycles. The van der Waals surface area contributed by atoms with Crippen molar-refractivity contribution in [3.63, 3.8) is 0 Å². The van der Waals surface area contributed by atoms with Crippen molar-refractivity contribution in [2.24, 2.45) is 0 Å². The van der Waals surface area contributed by atoms with Gasteiger partial charge >= 0.3 is 5.97 Å². The summed E-state index contributed by atoms with van der Waals surface area (Å²) in [6.07, 6.45) is 0.651. The number of anilines is 1. The van der Waals surface area contributed by atoms with Crippen LogP contribution < -0.4 is 4.90 Å². The number of rotatable bonds is 2. The first-order valence-electron chi connectivity index (χ1n) is 5.85. The Hall–Kier alpha value is -2.28. The van der Waals surface area contributed by atoms with Gasteiger partial charge < -0.3 is 10.0 Å². The first kappa shape index (κ1) is 12.7. The molecule has 1 aliphatic rings. The van der Waals surface area contributed by atoms with Crippen LogP contribution in [0.3, 0.4) is 0 Å². The summed E-state index contributed by atoms with van der Waals surface area (Å²) in [6.45, 7) is 0.444. The van der Waals surface area contributed by atoms with E-state index in [2.05, 4.69) is 4.98 Å². The molecule has 0 bridgehead atoms. The molecule has 0 aliphatic carbocycles. The molecule has 1 aromatic heterocycles. The van der Waals surface area contributed by atoms with Crippen LogP contribution in [0.25, 0.3) is 0 Å². The largest absolute Gasteiger partial charge is 0.476 e. The van der Waals surface area contributed by atoms with Gasteiger partial charge in [0.05, 0.1) is 5.69 Å². The second kappa shape index (κ2) is 4.68. The van der Waals surface area contributed by atoms with E-state index < -0.39 is 17.7 Å². The van der Waals surface area contributed by atoms with Crippen LogP contribution in [0.4, 0.5) is 10.1 Å². The number of aromatic nitrogens is 1. The fraction of sp³-hybridized carbons (Fsp3) is 0.154. The lowest BCUT2D eigenvalue weighted by Crippen LogP contribution is -2.28. The summed E-state index contributed by atoms with van der Waals surface area (Å²) in [5, 5.41) is 10.2. The number of carbonyl (C=O) groups is 2. The summed E-state index contributed by atoms with van der Waals surface area (Å²) < 4.78 is 13.3. The topological polar surface area (TPSA) is 70.5 Å². The lowest BCUT2D eigenvalue weighted by Gasteiger charge is -2.15. The van der Waals surface area contributed by atoms with E-state index >= 15 is 0 Å². The normalized spacial score (nSPS) is 13.3. The van der Waals surface area contributed by atoms with Crippen LogP contribution >= 0.6 is 11.3 Å². The van der Waals surface area contributed by atoms with Gasteiger partial charge in [-0.15, -0.1) is 11.3 Å². The number of benzene rings is 1. The molecule has 0 spiro atoms. The zero-order valence-electron chi connectivity index (χ0n) is 10.2. The lowest BCUT2D eigenvalue weighted by atomic mass is 10.2. The number of hydrogen-bond acceptors (Lipinski definition) is 4. The molecule has 1 aromatic carbocycles. The third-order valence-electron chi connectivity index (χ3n) is 3.09. The predicted molar refractivity (Wildman–Crippen MR) is 70.9 cm³/mol. The SMILES string of the molecule is O=C(O)c1csc(C(=O)N2CCc3ccc(F)cc32)n1. The van der Waals surface area contributed by atoms with E-state index in [1.807, 2.05) is 0 Å². The minimum atomic E-state index is -1.17. The molecule has 3 rings (SSSR count). The van der Waals surface area contributed by atoms with Crippen molar-refractivity contribution in [1.82, 2.24) is 4.98 Å². The van der Waals surface area contributed by atoms with Crippen LogP contribution in [0.5, 0.6) is 0 Å². The first-order chi connectivity index (χ1) is 9.56. The quantitative estimate of drug-likeness (QED) is 0.921. The molecule has 0 radical (unpaired) electrons. The maximum absolute atomic E-state index is 13.3. The Morgan fingerprint density at radius 2 is 2.20 bits per heavy atom. The van der Waals surface area contributed by atoms with Gasteiger partial charge in [0, 0.05) is 11.9 Å². The molecule has 7 heteroatoms. The summed E-state index contributed by atoms with van der Waals surface area (Å²) in [6, 6.07) is 4.33. The molecule has 2 heterocycles. The average Bonchev–Trinajstić information content (AvgIpc) is 3.04. The minimum absolute atomic E-state index is 0.0968. The van der Waals surface area contributed by atoms with E-state index in [0.717, 1.165) is 16.9 Å². The maximum Gasteiger partial charge on any atom is 0.355 e. The molecule has 5 nitrogen and oxygen atoms in total. The van der Waals surface area contributed by atoms with E-state index in [4.69, 9.17) is 5.11 Å². The predicted octanol–water partition coefficient (Wildman–Crippen LogP) is 2.18. The van der Waals surface area contributed by atoms with E-state index in [-0.39, 0.29) is 10.7 Å². The molecule has 1 N–H and O–H groups in total. The number of aromatic carboxylic acids is 1. The van der Waals surface area contributed by atoms with Crippen LogP contribution in [0.2, 0.25) is 0 Å². The molecular weight excluding hydrogens is 283 g/mol. The van der Waals surface area contributed by atoms with Crippen molar-refractivity contribution >= 4 is 28.9 Å². The average molecular weight is 292 g/mol. The number of hydrogen-bond donors (Lipinski definition) is 1. The number of carboxylic acids is 1. The fourth-order valence-electron chi connectivity index (χ4n) is 2.15. The zero-order valence-corrected chi connectivity index (χ0v) is 11.0. The highest BCUT2D eigenvalue weighted by Gasteiger charge is 2.28. The van der Waals surface area contributed by atoms with Gasteiger partial charge in [-0.2, -0.15) is 0 Å². The van der Waals surface area contributed by atoms with E-state index in [9.17, 15) is 14.0 Å². The number of carbonyl (C=O) groups excluding carboxylic acids is 1. The van der Waals surface area contributed by atoms with Crippen LogP contribution in [-0.4, -0.2) is 28.5 Å². The van der Waals surface area contributed by atoms with Gasteiger partial charge in [0.25, 0.3) is 5.91 Å². The molecule has 0 atom stereocenters. The Kier molecular flexibility index (Phi) is 2.98. The summed E-state index contributed by atoms with van der Waals surface area (Å²) in [4.78, 5) is 28.3. The number of carboxylic acid groups (broad SMARTS) is 1. The van der Waals surface area contributed by atoms with Crippen molar-refractivity contribution in [2.45, 2.75) is 6.42 Å². The molecule has 102 valence electrons. The molecular formula is C13H9FN2O3S. The van der Waals surface area contributed by atoms with Crippen LogP contribution in [0.15, 0.2) is 23.6 Å². The zero-order chi connectivity index (χ0) is 14.3. The van der Waals surface area contributed by atoms with Crippen molar-refractivity contribution in [1.29, 1.82) is 0 Å². The van der Waals surface area contributed by atoms with Gasteiger partial charge in [-0.1, -0.05) is 6.07 Å². The van der Waals surface area contributed by atoms with Crippen molar-refractivity contribution < 1.29 is 19.1 Å². The van der Waals surface area contributed by atoms with E-state index in [1.165, 1.54) is 22.4 Å². The highest BCUT2D eigenvalue weighted by molar-refractivity contribution is 7.12. The molecule has 20 heavy (non-hydrogen) atoms. The molecule has 1 aliphatic heterocycles. The van der Waals surface area contributed by atoms with Gasteiger partial charge in [0.2, 0.25) is 0 Å². The third kappa shape index (κ3) is 2.05. The molecule has 1 amide bonds. The minimum Gasteiger partial charge on any atom is -0.476 e. The summed E-state index contributed by atoms with van der Waals surface area (Å²) in [5.74, 6) is -1.98. The number of amides is 1. The van der Waals surface area contributed by atoms with Crippen molar-refractivity contribution in [3.05, 3.63) is 45.7 Å². The van der Waals surface area contributed by atoms with Gasteiger partial charge in [-0.25, -0.2) is 14.2 Å². The van der Waals surface area contributed by atoms with E-state index in [0.29, 0.717) is 18.7 Å². The highest BCUT2D eigenvalue weighted by atomic mass is 32.1. The molecule has 0 fully saturated rings. The summed E-state index contributed by atoms with van der Waals surface area (Å²) >= 11 is 0.975. The maximum atomic E-state index is 13.3. The monoisotopic (exact) mass is 292 g/mol. The number of thiazole rings is 1. The highest BCUT2D eigenvalue weighted by Crippen LogP contribution is 2.30. The Morgan fingerprint density at radius 1 is 1.40 bits per heavy atom. The van der Waals surface area contributed by atoms with Crippen LogP contribution in [0, 0.1) is 5.82 Å². The van der Waals surface area contributed by atoms with Crippen LogP contribution in [-0.2, 0) is 6.42 Å². The lowest BCUT2D eigenvalue weighted by molar-refractivity contribution is 0.0691. The number of nitrogens with zero attached hydrogens (tertiary/aromatic N) is 2. The van der Waals surface area contributed by atoms with E-state index in [1.54, 1.807) is 6.07 Å². The van der Waals surface area contributed by atoms with Crippen LogP contribution in [0.1, 0.15) is 25.9 Å². The second-order valence-electron chi connectivity index (χ2n) is 4.32. The standard InChI is InChI=1S/C13H9FN2O3S/c14-8-2-1-7-3-4-16(10(7)5-8)12(17)11-15-9(6-20-11)13(18)19/h1-2,5-6H,3-4H2,(H,18,19). The van der Waals surface area contributed by atoms with Crippen molar-refractivity contribution in [3.8, 4) is 0 Å². The molecule has 2 aromatic rings. The second-order valence-corrected chi connectivity index (χ2v) is 5.18. The Labute approximate surface area is 117 Å². The fourth-order valence-corrected chi connectivity index (χ4v) is 2.89. The van der Waals surface area contributed by atoms with Gasteiger partial charge in [0.1, 0.15) is 5.82 Å². The van der Waals surface area contributed by atoms with Gasteiger partial charge in [-0.3, -0.25) is 4.79 Å². The Bertz CT molecular complexity index is 713. The van der Waals surface area contributed by atoms with Crippen molar-refractivity contribution in [2.75, 3.05) is 11.4 Å². The molecule has 0 saturated heterocycles. The summed E-state index contributed by atoms with van der Waals surface area (Å²) in [7, 11) is 0. The number of fused-ring (bicyclic) bond motifs is 1. The first-order valence-corrected chi connectivity index (χ1v) is 6.73. The van der Waals surface area contributed by atoms with Gasteiger partial charge in [0.15, 0.2) is 10.7 Å². The number of halogens is 1. The third-order valence-corrected chi connectivity index (χ3v) is 3.92. The Balaban J connectivity index is 1.93. The molecule has 0 unspecified atom stereocenters. The Morgan fingerprint density at radius 3 is 2.90 bits per heavy atom.